The molecule has 0 bridgehead atoms. The number of benzene rings is 1. The number of likely N-dealkylation sites (tertiary alicyclic amines) is 1. The smallest absolute Gasteiger partial charge is 0.243 e. The maximum atomic E-state index is 13.4. The molecular formula is C26H35N3O3. The maximum absolute atomic E-state index is 13.4. The maximum Gasteiger partial charge on any atom is 0.243 e. The van der Waals surface area contributed by atoms with Crippen LogP contribution in [-0.4, -0.2) is 47.3 Å². The summed E-state index contributed by atoms with van der Waals surface area (Å²) in [7, 11) is 0. The number of nitrogens with zero attached hydrogens (tertiary/aromatic N) is 2. The Morgan fingerprint density at radius 2 is 1.84 bits per heavy atom. The second kappa shape index (κ2) is 9.90. The topological polar surface area (TPSA) is 65.8 Å². The van der Waals surface area contributed by atoms with Crippen molar-refractivity contribution in [2.75, 3.05) is 19.6 Å². The van der Waals surface area contributed by atoms with Crippen molar-refractivity contribution >= 4 is 11.8 Å². The molecule has 3 heterocycles. The summed E-state index contributed by atoms with van der Waals surface area (Å²) in [5.41, 5.74) is 2.29. The number of carbonyl (C=O) groups is 2. The number of rotatable bonds is 7. The first-order valence-corrected chi connectivity index (χ1v) is 11.9. The van der Waals surface area contributed by atoms with Gasteiger partial charge >= 0.3 is 0 Å². The number of carbonyl (C=O) groups excluding carboxylic acids is 2. The molecule has 0 saturated carbocycles. The molecule has 1 saturated heterocycles. The van der Waals surface area contributed by atoms with Crippen LogP contribution in [0.15, 0.2) is 40.8 Å². The van der Waals surface area contributed by atoms with Gasteiger partial charge in [0.1, 0.15) is 17.6 Å². The van der Waals surface area contributed by atoms with Crippen LogP contribution in [0.3, 0.4) is 0 Å². The first kappa shape index (κ1) is 22.6. The average Bonchev–Trinajstić information content (AvgIpc) is 3.49. The van der Waals surface area contributed by atoms with Gasteiger partial charge in [-0.2, -0.15) is 0 Å². The minimum Gasteiger partial charge on any atom is -0.465 e. The monoisotopic (exact) mass is 437 g/mol. The molecular weight excluding hydrogens is 402 g/mol. The molecule has 2 aliphatic rings. The Morgan fingerprint density at radius 3 is 2.50 bits per heavy atom. The lowest BCUT2D eigenvalue weighted by atomic mass is 9.92. The summed E-state index contributed by atoms with van der Waals surface area (Å²) < 4.78 is 5.93. The standard InChI is InChI=1S/C26H35N3O3/c1-4-18(2)26(31)29-17-21-10-6-5-9-20(21)15-22(29)25(30)27-16-23(28-13-7-8-14-28)24-12-11-19(3)32-24/h5-6,9-12,18,22-23H,4,7-8,13-17H2,1-3H3,(H,27,30). The molecule has 3 atom stereocenters. The highest BCUT2D eigenvalue weighted by atomic mass is 16.3. The third-order valence-electron chi connectivity index (χ3n) is 7.01. The lowest BCUT2D eigenvalue weighted by Gasteiger charge is -2.38. The van der Waals surface area contributed by atoms with Gasteiger partial charge in [-0.05, 0) is 62.5 Å². The fourth-order valence-electron chi connectivity index (χ4n) is 4.86. The molecule has 0 spiro atoms. The molecule has 1 aromatic carbocycles. The van der Waals surface area contributed by atoms with E-state index in [1.807, 2.05) is 45.0 Å². The Bertz CT molecular complexity index is 947. The highest BCUT2D eigenvalue weighted by molar-refractivity contribution is 5.89. The van der Waals surface area contributed by atoms with Crippen molar-refractivity contribution in [2.24, 2.45) is 5.92 Å². The summed E-state index contributed by atoms with van der Waals surface area (Å²) in [6.07, 6.45) is 3.65. The van der Waals surface area contributed by atoms with Gasteiger partial charge in [-0.1, -0.05) is 38.1 Å². The van der Waals surface area contributed by atoms with Gasteiger partial charge in [0.05, 0.1) is 6.04 Å². The van der Waals surface area contributed by atoms with Crippen LogP contribution in [-0.2, 0) is 22.6 Å². The molecule has 2 aliphatic heterocycles. The van der Waals surface area contributed by atoms with Crippen LogP contribution >= 0.6 is 0 Å². The lowest BCUT2D eigenvalue weighted by Crippen LogP contribution is -2.54. The number of hydrogen-bond acceptors (Lipinski definition) is 4. The SMILES string of the molecule is CCC(C)C(=O)N1Cc2ccccc2CC1C(=O)NCC(c1ccc(C)o1)N1CCCC1. The Morgan fingerprint density at radius 1 is 1.12 bits per heavy atom. The largest absolute Gasteiger partial charge is 0.465 e. The molecule has 6 nitrogen and oxygen atoms in total. The third kappa shape index (κ3) is 4.75. The Kier molecular flexibility index (Phi) is 6.99. The Hall–Kier alpha value is -2.60. The van der Waals surface area contributed by atoms with E-state index in [2.05, 4.69) is 22.3 Å². The number of furan rings is 1. The van der Waals surface area contributed by atoms with E-state index >= 15 is 0 Å². The molecule has 3 unspecified atom stereocenters. The van der Waals surface area contributed by atoms with Crippen LogP contribution in [0.1, 0.15) is 61.8 Å². The van der Waals surface area contributed by atoms with E-state index in [0.717, 1.165) is 42.2 Å². The predicted octanol–water partition coefficient (Wildman–Crippen LogP) is 3.84. The highest BCUT2D eigenvalue weighted by Gasteiger charge is 2.36. The lowest BCUT2D eigenvalue weighted by molar-refractivity contribution is -0.144. The summed E-state index contributed by atoms with van der Waals surface area (Å²) in [4.78, 5) is 30.8. The van der Waals surface area contributed by atoms with Gasteiger partial charge in [0.25, 0.3) is 0 Å². The van der Waals surface area contributed by atoms with Crippen LogP contribution in [0.5, 0.6) is 0 Å². The molecule has 1 aromatic heterocycles. The van der Waals surface area contributed by atoms with Gasteiger partial charge in [-0.3, -0.25) is 14.5 Å². The van der Waals surface area contributed by atoms with Crippen molar-refractivity contribution < 1.29 is 14.0 Å². The zero-order valence-corrected chi connectivity index (χ0v) is 19.5. The molecule has 1 fully saturated rings. The summed E-state index contributed by atoms with van der Waals surface area (Å²) >= 11 is 0. The van der Waals surface area contributed by atoms with Crippen molar-refractivity contribution in [3.8, 4) is 0 Å². The summed E-state index contributed by atoms with van der Waals surface area (Å²) in [6.45, 7) is 8.90. The third-order valence-corrected chi connectivity index (χ3v) is 7.01. The molecule has 4 rings (SSSR count). The number of nitrogens with one attached hydrogen (secondary N) is 1. The predicted molar refractivity (Wildman–Crippen MR) is 124 cm³/mol. The normalized spacial score (nSPS) is 20.6. The minimum atomic E-state index is -0.482. The van der Waals surface area contributed by atoms with Crippen LogP contribution in [0.2, 0.25) is 0 Å². The fourth-order valence-corrected chi connectivity index (χ4v) is 4.86. The molecule has 6 heteroatoms. The zero-order chi connectivity index (χ0) is 22.7. The number of hydrogen-bond donors (Lipinski definition) is 1. The number of amides is 2. The molecule has 1 N–H and O–H groups in total. The van der Waals surface area contributed by atoms with Gasteiger partial charge in [0, 0.05) is 25.4 Å². The summed E-state index contributed by atoms with van der Waals surface area (Å²) in [5, 5.41) is 3.18. The van der Waals surface area contributed by atoms with E-state index in [9.17, 15) is 9.59 Å². The van der Waals surface area contributed by atoms with Crippen LogP contribution in [0, 0.1) is 12.8 Å². The zero-order valence-electron chi connectivity index (χ0n) is 19.5. The number of aryl methyl sites for hydroxylation is 1. The van der Waals surface area contributed by atoms with Crippen molar-refractivity contribution in [3.63, 3.8) is 0 Å². The molecule has 2 amide bonds. The van der Waals surface area contributed by atoms with Gasteiger partial charge < -0.3 is 14.6 Å². The number of fused-ring (bicyclic) bond motifs is 1. The highest BCUT2D eigenvalue weighted by Crippen LogP contribution is 2.28. The molecule has 172 valence electrons. The van der Waals surface area contributed by atoms with Gasteiger partial charge in [-0.15, -0.1) is 0 Å². The van der Waals surface area contributed by atoms with E-state index in [-0.39, 0.29) is 23.8 Å². The van der Waals surface area contributed by atoms with Crippen molar-refractivity contribution in [3.05, 3.63) is 59.0 Å². The van der Waals surface area contributed by atoms with Gasteiger partial charge in [-0.25, -0.2) is 0 Å². The molecule has 32 heavy (non-hydrogen) atoms. The summed E-state index contributed by atoms with van der Waals surface area (Å²) in [6, 6.07) is 11.7. The Labute approximate surface area is 191 Å². The van der Waals surface area contributed by atoms with Gasteiger partial charge in [0.15, 0.2) is 0 Å². The van der Waals surface area contributed by atoms with Crippen molar-refractivity contribution in [1.82, 2.24) is 15.1 Å². The molecule has 0 aliphatic carbocycles. The summed E-state index contributed by atoms with van der Waals surface area (Å²) in [5.74, 6) is 1.65. The molecule has 2 aromatic rings. The quantitative estimate of drug-likeness (QED) is 0.715. The van der Waals surface area contributed by atoms with E-state index in [1.54, 1.807) is 4.90 Å². The van der Waals surface area contributed by atoms with E-state index in [1.165, 1.54) is 12.8 Å². The van der Waals surface area contributed by atoms with Crippen LogP contribution < -0.4 is 5.32 Å². The average molecular weight is 438 g/mol. The second-order valence-corrected chi connectivity index (χ2v) is 9.22. The first-order chi connectivity index (χ1) is 15.5. The minimum absolute atomic E-state index is 0.0183. The molecule has 0 radical (unpaired) electrons. The van der Waals surface area contributed by atoms with Crippen LogP contribution in [0.4, 0.5) is 0 Å². The van der Waals surface area contributed by atoms with E-state index in [4.69, 9.17) is 4.42 Å². The van der Waals surface area contributed by atoms with Crippen molar-refractivity contribution in [2.45, 2.75) is 65.1 Å². The fraction of sp³-hybridized carbons (Fsp3) is 0.538. The van der Waals surface area contributed by atoms with Gasteiger partial charge in [0.2, 0.25) is 11.8 Å². The van der Waals surface area contributed by atoms with E-state index < -0.39 is 6.04 Å². The van der Waals surface area contributed by atoms with Crippen LogP contribution in [0.25, 0.3) is 0 Å². The Balaban J connectivity index is 1.52. The van der Waals surface area contributed by atoms with E-state index in [0.29, 0.717) is 19.5 Å². The van der Waals surface area contributed by atoms with Crippen molar-refractivity contribution in [1.29, 1.82) is 0 Å². The second-order valence-electron chi connectivity index (χ2n) is 9.22. The first-order valence-electron chi connectivity index (χ1n) is 11.9.